The fraction of sp³-hybridized carbons (Fsp3) is 0.200. The highest BCUT2D eigenvalue weighted by Gasteiger charge is 2.47. The molecule has 0 saturated heterocycles. The minimum atomic E-state index is -3.02. The number of nitrogens with zero attached hydrogens (tertiary/aromatic N) is 2. The van der Waals surface area contributed by atoms with Crippen molar-refractivity contribution in [3.8, 4) is 0 Å². The number of amides is 1. The molecule has 5 heteroatoms. The Bertz CT molecular complexity index is 671. The lowest BCUT2D eigenvalue weighted by Gasteiger charge is -2.16. The van der Waals surface area contributed by atoms with Crippen LogP contribution in [-0.4, -0.2) is 17.4 Å². The van der Waals surface area contributed by atoms with Crippen LogP contribution in [0.2, 0.25) is 0 Å². The predicted molar refractivity (Wildman–Crippen MR) is 71.0 cm³/mol. The van der Waals surface area contributed by atoms with E-state index in [4.69, 9.17) is 0 Å². The molecule has 0 fully saturated rings. The topological polar surface area (TPSA) is 33.2 Å². The normalized spacial score (nSPS) is 16.1. The average Bonchev–Trinajstić information content (AvgIpc) is 2.72. The number of carbonyl (C=O) groups excluding carboxylic acids is 1. The number of rotatable bonds is 1. The minimum absolute atomic E-state index is 0.0655. The van der Waals surface area contributed by atoms with Gasteiger partial charge < -0.3 is 4.90 Å². The van der Waals surface area contributed by atoms with Gasteiger partial charge in [0.2, 0.25) is 0 Å². The molecule has 0 bridgehead atoms. The molecule has 1 aliphatic heterocycles. The Morgan fingerprint density at radius 1 is 1.25 bits per heavy atom. The largest absolute Gasteiger partial charge is 0.300 e. The Hall–Kier alpha value is -2.30. The summed E-state index contributed by atoms with van der Waals surface area (Å²) in [7, 11) is 0. The van der Waals surface area contributed by atoms with Crippen LogP contribution in [0.5, 0.6) is 0 Å². The van der Waals surface area contributed by atoms with Gasteiger partial charge in [0.05, 0.1) is 12.2 Å². The molecule has 0 radical (unpaired) electrons. The van der Waals surface area contributed by atoms with Gasteiger partial charge in [0.25, 0.3) is 11.8 Å². The lowest BCUT2D eigenvalue weighted by Crippen LogP contribution is -2.33. The summed E-state index contributed by atoms with van der Waals surface area (Å²) in [6, 6.07) is 9.70. The summed E-state index contributed by atoms with van der Waals surface area (Å²) in [6.07, 6.45) is 1.47. The lowest BCUT2D eigenvalue weighted by atomic mass is 10.0. The van der Waals surface area contributed by atoms with Crippen LogP contribution in [0, 0.1) is 6.92 Å². The molecule has 102 valence electrons. The lowest BCUT2D eigenvalue weighted by molar-refractivity contribution is 0.0132. The fourth-order valence-corrected chi connectivity index (χ4v) is 2.52. The summed E-state index contributed by atoms with van der Waals surface area (Å²) < 4.78 is 28.2. The molecule has 20 heavy (non-hydrogen) atoms. The van der Waals surface area contributed by atoms with Crippen molar-refractivity contribution in [2.75, 3.05) is 11.4 Å². The van der Waals surface area contributed by atoms with Crippen LogP contribution in [0.3, 0.4) is 0 Å². The molecule has 2 heterocycles. The van der Waals surface area contributed by atoms with Crippen molar-refractivity contribution in [3.63, 3.8) is 0 Å². The van der Waals surface area contributed by atoms with Crippen molar-refractivity contribution < 1.29 is 13.6 Å². The molecular weight excluding hydrogens is 262 g/mol. The predicted octanol–water partition coefficient (Wildman–Crippen LogP) is 3.14. The number of pyridine rings is 1. The summed E-state index contributed by atoms with van der Waals surface area (Å²) in [6.45, 7) is 0.990. The van der Waals surface area contributed by atoms with Gasteiger partial charge in [-0.05, 0) is 30.7 Å². The van der Waals surface area contributed by atoms with Crippen LogP contribution in [-0.2, 0) is 5.92 Å². The Kier molecular flexibility index (Phi) is 2.78. The van der Waals surface area contributed by atoms with Gasteiger partial charge in [-0.3, -0.25) is 9.78 Å². The number of fused-ring (bicyclic) bond motifs is 1. The molecule has 2 aromatic rings. The number of hydrogen-bond acceptors (Lipinski definition) is 2. The summed E-state index contributed by atoms with van der Waals surface area (Å²) in [5.74, 6) is -3.53. The first-order valence-corrected chi connectivity index (χ1v) is 6.21. The SMILES string of the molecule is Cc1cccc2c1C(F)(F)CN2C(=O)c1ccccn1. The first-order chi connectivity index (χ1) is 9.50. The van der Waals surface area contributed by atoms with Gasteiger partial charge in [0.1, 0.15) is 5.69 Å². The van der Waals surface area contributed by atoms with E-state index in [1.807, 2.05) is 0 Å². The molecule has 3 nitrogen and oxygen atoms in total. The smallest absolute Gasteiger partial charge is 0.293 e. The van der Waals surface area contributed by atoms with Crippen LogP contribution in [0.25, 0.3) is 0 Å². The number of aromatic nitrogens is 1. The zero-order chi connectivity index (χ0) is 14.3. The maximum atomic E-state index is 14.1. The van der Waals surface area contributed by atoms with E-state index in [0.717, 1.165) is 4.90 Å². The monoisotopic (exact) mass is 274 g/mol. The van der Waals surface area contributed by atoms with Gasteiger partial charge in [0.15, 0.2) is 0 Å². The summed E-state index contributed by atoms with van der Waals surface area (Å²) in [4.78, 5) is 17.4. The van der Waals surface area contributed by atoms with Crippen LogP contribution in [0.15, 0.2) is 42.6 Å². The Balaban J connectivity index is 2.07. The van der Waals surface area contributed by atoms with E-state index in [2.05, 4.69) is 4.98 Å². The van der Waals surface area contributed by atoms with Crippen molar-refractivity contribution in [1.29, 1.82) is 0 Å². The molecule has 0 unspecified atom stereocenters. The van der Waals surface area contributed by atoms with Crippen molar-refractivity contribution in [1.82, 2.24) is 4.98 Å². The van der Waals surface area contributed by atoms with Gasteiger partial charge in [-0.15, -0.1) is 0 Å². The average molecular weight is 274 g/mol. The van der Waals surface area contributed by atoms with E-state index < -0.39 is 18.4 Å². The summed E-state index contributed by atoms with van der Waals surface area (Å²) in [5, 5.41) is 0. The van der Waals surface area contributed by atoms with Crippen LogP contribution in [0.4, 0.5) is 14.5 Å². The van der Waals surface area contributed by atoms with Crippen molar-refractivity contribution in [2.24, 2.45) is 0 Å². The van der Waals surface area contributed by atoms with Crippen LogP contribution >= 0.6 is 0 Å². The van der Waals surface area contributed by atoms with Crippen LogP contribution < -0.4 is 4.90 Å². The number of halogens is 2. The maximum absolute atomic E-state index is 14.1. The Morgan fingerprint density at radius 2 is 2.05 bits per heavy atom. The number of carbonyl (C=O) groups is 1. The van der Waals surface area contributed by atoms with Gasteiger partial charge in [-0.1, -0.05) is 18.2 Å². The Morgan fingerprint density at radius 3 is 2.75 bits per heavy atom. The molecule has 1 amide bonds. The highest BCUT2D eigenvalue weighted by Crippen LogP contribution is 2.45. The first-order valence-electron chi connectivity index (χ1n) is 6.21. The van der Waals surface area contributed by atoms with Gasteiger partial charge in [-0.2, -0.15) is 8.78 Å². The molecule has 1 aromatic carbocycles. The standard InChI is InChI=1S/C15H12F2N2O/c1-10-5-4-7-12-13(10)15(16,17)9-19(12)14(20)11-6-2-3-8-18-11/h2-8H,9H2,1H3. The zero-order valence-electron chi connectivity index (χ0n) is 10.8. The van der Waals surface area contributed by atoms with Gasteiger partial charge in [-0.25, -0.2) is 0 Å². The van der Waals surface area contributed by atoms with Crippen molar-refractivity contribution >= 4 is 11.6 Å². The van der Waals surface area contributed by atoms with E-state index >= 15 is 0 Å². The third-order valence-electron chi connectivity index (χ3n) is 3.39. The number of hydrogen-bond donors (Lipinski definition) is 0. The second-order valence-corrected chi connectivity index (χ2v) is 4.78. The van der Waals surface area contributed by atoms with E-state index in [9.17, 15) is 13.6 Å². The van der Waals surface area contributed by atoms with Crippen molar-refractivity contribution in [2.45, 2.75) is 12.8 Å². The minimum Gasteiger partial charge on any atom is -0.300 e. The summed E-state index contributed by atoms with van der Waals surface area (Å²) >= 11 is 0. The van der Waals surface area contributed by atoms with Crippen LogP contribution in [0.1, 0.15) is 21.6 Å². The number of aryl methyl sites for hydroxylation is 1. The maximum Gasteiger partial charge on any atom is 0.293 e. The van der Waals surface area contributed by atoms with Gasteiger partial charge >= 0.3 is 0 Å². The molecule has 0 spiro atoms. The van der Waals surface area contributed by atoms with E-state index in [1.165, 1.54) is 12.3 Å². The summed E-state index contributed by atoms with van der Waals surface area (Å²) in [5.41, 5.74) is 0.858. The highest BCUT2D eigenvalue weighted by molar-refractivity contribution is 6.06. The van der Waals surface area contributed by atoms with Gasteiger partial charge in [0, 0.05) is 11.8 Å². The fourth-order valence-electron chi connectivity index (χ4n) is 2.52. The molecule has 0 aliphatic carbocycles. The van der Waals surface area contributed by atoms with E-state index in [0.29, 0.717) is 5.56 Å². The second kappa shape index (κ2) is 4.37. The first kappa shape index (κ1) is 12.7. The molecule has 0 atom stereocenters. The highest BCUT2D eigenvalue weighted by atomic mass is 19.3. The molecule has 1 aromatic heterocycles. The quantitative estimate of drug-likeness (QED) is 0.800. The Labute approximate surface area is 114 Å². The molecule has 0 N–H and O–H groups in total. The molecular formula is C15H12F2N2O. The number of alkyl halides is 2. The second-order valence-electron chi connectivity index (χ2n) is 4.78. The van der Waals surface area contributed by atoms with E-state index in [-0.39, 0.29) is 16.9 Å². The number of benzene rings is 1. The third kappa shape index (κ3) is 1.86. The zero-order valence-corrected chi connectivity index (χ0v) is 10.8. The molecule has 0 saturated carbocycles. The van der Waals surface area contributed by atoms with E-state index in [1.54, 1.807) is 37.3 Å². The molecule has 1 aliphatic rings. The number of anilines is 1. The molecule has 3 rings (SSSR count). The van der Waals surface area contributed by atoms with Crippen molar-refractivity contribution in [3.05, 3.63) is 59.4 Å². The third-order valence-corrected chi connectivity index (χ3v) is 3.39.